The van der Waals surface area contributed by atoms with Crippen LogP contribution in [-0.4, -0.2) is 18.5 Å². The minimum atomic E-state index is 0.0527. The largest absolute Gasteiger partial charge is 0.355 e. The van der Waals surface area contributed by atoms with Crippen molar-refractivity contribution in [3.8, 4) is 0 Å². The lowest BCUT2D eigenvalue weighted by atomic mass is 9.97. The quantitative estimate of drug-likeness (QED) is 0.848. The second-order valence-corrected chi connectivity index (χ2v) is 5.54. The van der Waals surface area contributed by atoms with Gasteiger partial charge in [-0.3, -0.25) is 4.79 Å². The molecule has 2 atom stereocenters. The van der Waals surface area contributed by atoms with E-state index in [1.165, 1.54) is 5.56 Å². The van der Waals surface area contributed by atoms with Gasteiger partial charge in [0.05, 0.1) is 0 Å². The summed E-state index contributed by atoms with van der Waals surface area (Å²) in [5, 5.41) is 2.87. The number of benzene rings is 1. The highest BCUT2D eigenvalue weighted by molar-refractivity contribution is 9.10. The molecule has 2 unspecified atom stereocenters. The van der Waals surface area contributed by atoms with Crippen molar-refractivity contribution >= 4 is 21.8 Å². The molecule has 0 heterocycles. The second-order valence-electron chi connectivity index (χ2n) is 4.63. The molecule has 100 valence electrons. The lowest BCUT2D eigenvalue weighted by Gasteiger charge is -2.14. The fourth-order valence-corrected chi connectivity index (χ4v) is 1.91. The van der Waals surface area contributed by atoms with Gasteiger partial charge in [0.15, 0.2) is 0 Å². The van der Waals surface area contributed by atoms with Crippen LogP contribution in [0.5, 0.6) is 0 Å². The number of nitrogens with one attached hydrogen (secondary N) is 1. The highest BCUT2D eigenvalue weighted by Crippen LogP contribution is 2.21. The van der Waals surface area contributed by atoms with Gasteiger partial charge in [0.2, 0.25) is 5.91 Å². The Morgan fingerprint density at radius 1 is 1.39 bits per heavy atom. The van der Waals surface area contributed by atoms with Crippen LogP contribution in [-0.2, 0) is 4.79 Å². The fourth-order valence-electron chi connectivity index (χ4n) is 1.65. The SMILES string of the molecule is CCC(N)CNC(=O)CC(C)c1ccc(Br)cc1. The van der Waals surface area contributed by atoms with Gasteiger partial charge in [-0.1, -0.05) is 41.9 Å². The Balaban J connectivity index is 2.42. The summed E-state index contributed by atoms with van der Waals surface area (Å²) in [5.41, 5.74) is 6.93. The third kappa shape index (κ3) is 5.19. The molecule has 1 amide bonds. The van der Waals surface area contributed by atoms with E-state index in [1.807, 2.05) is 31.2 Å². The molecule has 0 aliphatic rings. The number of rotatable bonds is 6. The minimum absolute atomic E-state index is 0.0527. The Hall–Kier alpha value is -0.870. The number of nitrogens with two attached hydrogens (primary N) is 1. The van der Waals surface area contributed by atoms with Crippen molar-refractivity contribution in [3.63, 3.8) is 0 Å². The number of hydrogen-bond donors (Lipinski definition) is 2. The van der Waals surface area contributed by atoms with Crippen molar-refractivity contribution in [1.29, 1.82) is 0 Å². The summed E-state index contributed by atoms with van der Waals surface area (Å²) in [7, 11) is 0. The van der Waals surface area contributed by atoms with E-state index in [0.717, 1.165) is 10.9 Å². The van der Waals surface area contributed by atoms with Crippen molar-refractivity contribution < 1.29 is 4.79 Å². The molecule has 1 aromatic rings. The first-order valence-electron chi connectivity index (χ1n) is 6.30. The first-order valence-corrected chi connectivity index (χ1v) is 7.10. The maximum atomic E-state index is 11.7. The van der Waals surface area contributed by atoms with Gasteiger partial charge in [-0.15, -0.1) is 0 Å². The van der Waals surface area contributed by atoms with Gasteiger partial charge in [-0.25, -0.2) is 0 Å². The molecule has 1 rings (SSSR count). The van der Waals surface area contributed by atoms with Crippen molar-refractivity contribution in [2.45, 2.75) is 38.6 Å². The molecule has 0 saturated carbocycles. The van der Waals surface area contributed by atoms with E-state index >= 15 is 0 Å². The number of carbonyl (C=O) groups excluding carboxylic acids is 1. The average Bonchev–Trinajstić information content (AvgIpc) is 2.36. The van der Waals surface area contributed by atoms with Crippen LogP contribution in [0.25, 0.3) is 0 Å². The summed E-state index contributed by atoms with van der Waals surface area (Å²) in [5.74, 6) is 0.283. The molecule has 0 bridgehead atoms. The molecule has 18 heavy (non-hydrogen) atoms. The zero-order valence-electron chi connectivity index (χ0n) is 10.9. The Bertz CT molecular complexity index is 378. The van der Waals surface area contributed by atoms with Crippen molar-refractivity contribution in [1.82, 2.24) is 5.32 Å². The van der Waals surface area contributed by atoms with E-state index in [1.54, 1.807) is 0 Å². The molecule has 3 nitrogen and oxygen atoms in total. The van der Waals surface area contributed by atoms with E-state index in [-0.39, 0.29) is 17.9 Å². The fraction of sp³-hybridized carbons (Fsp3) is 0.500. The third-order valence-corrected chi connectivity index (χ3v) is 3.55. The molecule has 0 fully saturated rings. The Labute approximate surface area is 117 Å². The highest BCUT2D eigenvalue weighted by atomic mass is 79.9. The molecule has 0 spiro atoms. The van der Waals surface area contributed by atoms with Crippen LogP contribution in [0.15, 0.2) is 28.7 Å². The lowest BCUT2D eigenvalue weighted by molar-refractivity contribution is -0.121. The van der Waals surface area contributed by atoms with Crippen LogP contribution < -0.4 is 11.1 Å². The van der Waals surface area contributed by atoms with Gasteiger partial charge in [0, 0.05) is 23.5 Å². The molecule has 4 heteroatoms. The average molecular weight is 313 g/mol. The van der Waals surface area contributed by atoms with E-state index in [0.29, 0.717) is 13.0 Å². The first-order chi connectivity index (χ1) is 8.52. The van der Waals surface area contributed by atoms with Crippen LogP contribution in [0.3, 0.4) is 0 Å². The molecule has 0 aliphatic heterocycles. The van der Waals surface area contributed by atoms with Crippen molar-refractivity contribution in [3.05, 3.63) is 34.3 Å². The van der Waals surface area contributed by atoms with E-state index in [9.17, 15) is 4.79 Å². The predicted molar refractivity (Wildman–Crippen MR) is 78.5 cm³/mol. The van der Waals surface area contributed by atoms with Gasteiger partial charge in [-0.2, -0.15) is 0 Å². The summed E-state index contributed by atoms with van der Waals surface area (Å²) >= 11 is 3.40. The highest BCUT2D eigenvalue weighted by Gasteiger charge is 2.11. The zero-order chi connectivity index (χ0) is 13.5. The molecule has 0 aliphatic carbocycles. The van der Waals surface area contributed by atoms with Crippen LogP contribution in [0.4, 0.5) is 0 Å². The number of hydrogen-bond acceptors (Lipinski definition) is 2. The van der Waals surface area contributed by atoms with Crippen LogP contribution >= 0.6 is 15.9 Å². The topological polar surface area (TPSA) is 55.1 Å². The van der Waals surface area contributed by atoms with E-state index in [4.69, 9.17) is 5.73 Å². The number of amides is 1. The van der Waals surface area contributed by atoms with Gasteiger partial charge >= 0.3 is 0 Å². The van der Waals surface area contributed by atoms with Crippen molar-refractivity contribution in [2.75, 3.05) is 6.54 Å². The monoisotopic (exact) mass is 312 g/mol. The number of carbonyl (C=O) groups is 1. The summed E-state index contributed by atoms with van der Waals surface area (Å²) in [6.07, 6.45) is 1.38. The minimum Gasteiger partial charge on any atom is -0.355 e. The molecular formula is C14H21BrN2O. The van der Waals surface area contributed by atoms with Crippen LogP contribution in [0.2, 0.25) is 0 Å². The zero-order valence-corrected chi connectivity index (χ0v) is 12.5. The van der Waals surface area contributed by atoms with Crippen LogP contribution in [0, 0.1) is 0 Å². The Morgan fingerprint density at radius 3 is 2.56 bits per heavy atom. The van der Waals surface area contributed by atoms with Crippen LogP contribution in [0.1, 0.15) is 38.2 Å². The smallest absolute Gasteiger partial charge is 0.220 e. The lowest BCUT2D eigenvalue weighted by Crippen LogP contribution is -2.37. The number of halogens is 1. The van der Waals surface area contributed by atoms with E-state index in [2.05, 4.69) is 28.2 Å². The van der Waals surface area contributed by atoms with Gasteiger partial charge < -0.3 is 11.1 Å². The van der Waals surface area contributed by atoms with Gasteiger partial charge in [0.1, 0.15) is 0 Å². The Morgan fingerprint density at radius 2 is 2.00 bits per heavy atom. The maximum Gasteiger partial charge on any atom is 0.220 e. The van der Waals surface area contributed by atoms with Gasteiger partial charge in [-0.05, 0) is 30.0 Å². The van der Waals surface area contributed by atoms with Gasteiger partial charge in [0.25, 0.3) is 0 Å². The Kier molecular flexibility index (Phi) is 6.36. The summed E-state index contributed by atoms with van der Waals surface area (Å²) in [6, 6.07) is 8.13. The third-order valence-electron chi connectivity index (χ3n) is 3.02. The van der Waals surface area contributed by atoms with Crippen molar-refractivity contribution in [2.24, 2.45) is 5.73 Å². The molecular weight excluding hydrogens is 292 g/mol. The standard InChI is InChI=1S/C14H21BrN2O/c1-3-13(16)9-17-14(18)8-10(2)11-4-6-12(15)7-5-11/h4-7,10,13H,3,8-9,16H2,1-2H3,(H,17,18). The second kappa shape index (κ2) is 7.54. The summed E-state index contributed by atoms with van der Waals surface area (Å²) < 4.78 is 1.05. The maximum absolute atomic E-state index is 11.7. The molecule has 0 radical (unpaired) electrons. The normalized spacial score (nSPS) is 14.0. The summed E-state index contributed by atoms with van der Waals surface area (Å²) in [4.78, 5) is 11.7. The molecule has 1 aromatic carbocycles. The summed E-state index contributed by atoms with van der Waals surface area (Å²) in [6.45, 7) is 4.63. The molecule has 3 N–H and O–H groups in total. The molecule has 0 aromatic heterocycles. The predicted octanol–water partition coefficient (Wildman–Crippen LogP) is 2.80. The molecule has 0 saturated heterocycles. The van der Waals surface area contributed by atoms with E-state index < -0.39 is 0 Å². The first kappa shape index (κ1) is 15.2.